The van der Waals surface area contributed by atoms with Gasteiger partial charge in [0, 0.05) is 12.3 Å². The van der Waals surface area contributed by atoms with Gasteiger partial charge in [-0.15, -0.1) is 0 Å². The zero-order valence-electron chi connectivity index (χ0n) is 9.17. The van der Waals surface area contributed by atoms with Crippen molar-refractivity contribution in [3.8, 4) is 0 Å². The highest BCUT2D eigenvalue weighted by molar-refractivity contribution is 7.99. The number of fused-ring (bicyclic) bond motifs is 1. The Labute approximate surface area is 118 Å². The maximum Gasteiger partial charge on any atom is 0.130 e. The molecule has 0 atom stereocenters. The van der Waals surface area contributed by atoms with Gasteiger partial charge in [0.2, 0.25) is 0 Å². The smallest absolute Gasteiger partial charge is 0.130 e. The first-order valence-electron chi connectivity index (χ1n) is 5.16. The van der Waals surface area contributed by atoms with E-state index in [0.29, 0.717) is 15.7 Å². The second-order valence-electron chi connectivity index (χ2n) is 3.30. The summed E-state index contributed by atoms with van der Waals surface area (Å²) in [6, 6.07) is 1.71. The van der Waals surface area contributed by atoms with Crippen LogP contribution in [0.1, 0.15) is 6.92 Å². The van der Waals surface area contributed by atoms with E-state index in [9.17, 15) is 0 Å². The van der Waals surface area contributed by atoms with Crippen molar-refractivity contribution in [3.63, 3.8) is 0 Å². The van der Waals surface area contributed by atoms with Gasteiger partial charge in [-0.3, -0.25) is 0 Å². The van der Waals surface area contributed by atoms with Crippen molar-refractivity contribution in [1.29, 1.82) is 0 Å². The van der Waals surface area contributed by atoms with Crippen LogP contribution in [0.5, 0.6) is 0 Å². The van der Waals surface area contributed by atoms with Crippen molar-refractivity contribution in [1.82, 2.24) is 0 Å². The van der Waals surface area contributed by atoms with Crippen molar-refractivity contribution >= 4 is 63.4 Å². The Morgan fingerprint density at radius 2 is 2.06 bits per heavy atom. The molecule has 1 heterocycles. The van der Waals surface area contributed by atoms with Crippen LogP contribution in [-0.2, 0) is 11.4 Å². The summed E-state index contributed by atoms with van der Waals surface area (Å²) in [6.07, 6.45) is 0. The summed E-state index contributed by atoms with van der Waals surface area (Å²) in [5.74, 6) is 2.15. The summed E-state index contributed by atoms with van der Waals surface area (Å²) in [5, 5.41) is 4.44. The van der Waals surface area contributed by atoms with Crippen LogP contribution in [0, 0.1) is 0 Å². The van der Waals surface area contributed by atoms with Crippen LogP contribution in [0.25, 0.3) is 0 Å². The summed E-state index contributed by atoms with van der Waals surface area (Å²) in [5.41, 5.74) is 2.30. The van der Waals surface area contributed by atoms with Crippen molar-refractivity contribution in [3.05, 3.63) is 16.1 Å². The first-order valence-corrected chi connectivity index (χ1v) is 7.80. The summed E-state index contributed by atoms with van der Waals surface area (Å²) in [4.78, 5) is 0. The lowest BCUT2D eigenvalue weighted by Crippen LogP contribution is -2.04. The SMILES string of the molecule is CCSCCNc1c(Cl)cc(Cl)c2c1N=S=N2. The minimum atomic E-state index is 0.548. The van der Waals surface area contributed by atoms with Gasteiger partial charge in [0.1, 0.15) is 11.4 Å². The molecule has 0 saturated carbocycles. The fraction of sp³-hybridized carbons (Fsp3) is 0.400. The average Bonchev–Trinajstić information content (AvgIpc) is 2.77. The van der Waals surface area contributed by atoms with Gasteiger partial charge in [-0.25, -0.2) is 0 Å². The molecule has 0 amide bonds. The number of nitrogens with one attached hydrogen (secondary N) is 1. The normalized spacial score (nSPS) is 12.4. The van der Waals surface area contributed by atoms with E-state index in [1.165, 1.54) is 0 Å². The number of hydrogen-bond donors (Lipinski definition) is 1. The summed E-state index contributed by atoms with van der Waals surface area (Å²) >= 11 is 15.2. The van der Waals surface area contributed by atoms with Gasteiger partial charge in [0.15, 0.2) is 0 Å². The Bertz CT molecular complexity index is 499. The number of nitrogens with zero attached hydrogens (tertiary/aromatic N) is 2. The quantitative estimate of drug-likeness (QED) is 0.799. The van der Waals surface area contributed by atoms with E-state index in [4.69, 9.17) is 23.2 Å². The van der Waals surface area contributed by atoms with Gasteiger partial charge in [-0.1, -0.05) is 30.1 Å². The highest BCUT2D eigenvalue weighted by atomic mass is 35.5. The van der Waals surface area contributed by atoms with Gasteiger partial charge in [-0.05, 0) is 11.8 Å². The molecule has 1 N–H and O–H groups in total. The number of rotatable bonds is 5. The Morgan fingerprint density at radius 3 is 2.82 bits per heavy atom. The standard InChI is InChI=1S/C10H11Cl2N3S2/c1-2-16-4-3-13-8-6(11)5-7(12)9-10(8)15-17-14-9/h5,13H,2-4H2,1H3. The molecule has 17 heavy (non-hydrogen) atoms. The molecule has 0 saturated heterocycles. The lowest BCUT2D eigenvalue weighted by Gasteiger charge is -2.11. The fourth-order valence-corrected chi connectivity index (χ4v) is 3.15. The Balaban J connectivity index is 2.17. The van der Waals surface area contributed by atoms with Gasteiger partial charge >= 0.3 is 0 Å². The zero-order valence-corrected chi connectivity index (χ0v) is 12.3. The van der Waals surface area contributed by atoms with Gasteiger partial charge in [0.25, 0.3) is 0 Å². The lowest BCUT2D eigenvalue weighted by atomic mass is 10.2. The molecule has 92 valence electrons. The van der Waals surface area contributed by atoms with E-state index >= 15 is 0 Å². The summed E-state index contributed by atoms with van der Waals surface area (Å²) in [7, 11) is 0. The van der Waals surface area contributed by atoms with Gasteiger partial charge in [-0.2, -0.15) is 20.5 Å². The molecule has 0 unspecified atom stereocenters. The Morgan fingerprint density at radius 1 is 1.29 bits per heavy atom. The molecule has 0 aliphatic carbocycles. The highest BCUT2D eigenvalue weighted by Gasteiger charge is 2.18. The minimum Gasteiger partial charge on any atom is -0.381 e. The van der Waals surface area contributed by atoms with Crippen LogP contribution in [-0.4, -0.2) is 18.1 Å². The van der Waals surface area contributed by atoms with Crippen LogP contribution < -0.4 is 5.32 Å². The first-order chi connectivity index (χ1) is 8.24. The predicted molar refractivity (Wildman–Crippen MR) is 79.5 cm³/mol. The van der Waals surface area contributed by atoms with Crippen molar-refractivity contribution < 1.29 is 0 Å². The van der Waals surface area contributed by atoms with Crippen LogP contribution in [0.15, 0.2) is 14.8 Å². The molecule has 1 aliphatic rings. The Kier molecular flexibility index (Phi) is 4.73. The van der Waals surface area contributed by atoms with Crippen LogP contribution in [0.3, 0.4) is 0 Å². The molecule has 7 heteroatoms. The predicted octanol–water partition coefficient (Wildman–Crippen LogP) is 4.88. The number of halogens is 2. The third-order valence-electron chi connectivity index (χ3n) is 2.20. The van der Waals surface area contributed by atoms with Crippen LogP contribution in [0.4, 0.5) is 17.1 Å². The monoisotopic (exact) mass is 307 g/mol. The van der Waals surface area contributed by atoms with Crippen molar-refractivity contribution in [2.24, 2.45) is 8.73 Å². The highest BCUT2D eigenvalue weighted by Crippen LogP contribution is 2.47. The van der Waals surface area contributed by atoms with Crippen LogP contribution in [0.2, 0.25) is 10.0 Å². The third-order valence-corrected chi connectivity index (χ3v) is 4.21. The molecule has 0 bridgehead atoms. The third kappa shape index (κ3) is 2.96. The largest absolute Gasteiger partial charge is 0.381 e. The molecule has 1 aromatic rings. The fourth-order valence-electron chi connectivity index (χ4n) is 1.43. The number of anilines is 1. The van der Waals surface area contributed by atoms with E-state index in [1.54, 1.807) is 6.07 Å². The van der Waals surface area contributed by atoms with Gasteiger partial charge < -0.3 is 5.32 Å². The lowest BCUT2D eigenvalue weighted by molar-refractivity contribution is 1.22. The average molecular weight is 308 g/mol. The maximum absolute atomic E-state index is 6.16. The number of thioether (sulfide) groups is 1. The second-order valence-corrected chi connectivity index (χ2v) is 6.04. The topological polar surface area (TPSA) is 36.8 Å². The number of hydrogen-bond acceptors (Lipinski definition) is 4. The van der Waals surface area contributed by atoms with Gasteiger partial charge in [0.05, 0.1) is 27.1 Å². The van der Waals surface area contributed by atoms with Crippen molar-refractivity contribution in [2.45, 2.75) is 6.92 Å². The number of benzene rings is 1. The molecule has 1 aliphatic heterocycles. The minimum absolute atomic E-state index is 0.548. The molecule has 3 nitrogen and oxygen atoms in total. The first kappa shape index (κ1) is 13.2. The maximum atomic E-state index is 6.16. The molecular formula is C10H11Cl2N3S2. The Hall–Kier alpha value is -0.230. The summed E-state index contributed by atoms with van der Waals surface area (Å²) < 4.78 is 8.39. The molecule has 0 radical (unpaired) electrons. The molecule has 2 rings (SSSR count). The van der Waals surface area contributed by atoms with E-state index in [1.807, 2.05) is 11.8 Å². The van der Waals surface area contributed by atoms with E-state index < -0.39 is 0 Å². The molecule has 0 spiro atoms. The van der Waals surface area contributed by atoms with Crippen molar-refractivity contribution in [2.75, 3.05) is 23.4 Å². The second kappa shape index (κ2) is 6.09. The van der Waals surface area contributed by atoms with E-state index in [2.05, 4.69) is 21.0 Å². The molecular weight excluding hydrogens is 297 g/mol. The molecule has 0 fully saturated rings. The zero-order chi connectivity index (χ0) is 12.3. The molecule has 0 aromatic heterocycles. The van der Waals surface area contributed by atoms with Crippen LogP contribution >= 0.6 is 35.0 Å². The molecule has 1 aromatic carbocycles. The van der Waals surface area contributed by atoms with E-state index in [-0.39, 0.29) is 0 Å². The van der Waals surface area contributed by atoms with E-state index in [0.717, 1.165) is 40.8 Å². The summed E-state index contributed by atoms with van der Waals surface area (Å²) in [6.45, 7) is 3.00.